The van der Waals surface area contributed by atoms with Gasteiger partial charge in [-0.2, -0.15) is 10.2 Å². The van der Waals surface area contributed by atoms with Gasteiger partial charge in [-0.05, 0) is 31.2 Å². The largest absolute Gasteiger partial charge is 0.322 e. The molecule has 2 aromatic heterocycles. The van der Waals surface area contributed by atoms with Crippen LogP contribution in [0.3, 0.4) is 0 Å². The Morgan fingerprint density at radius 2 is 1.80 bits per heavy atom. The Morgan fingerprint density at radius 3 is 2.44 bits per heavy atom. The maximum Gasteiger partial charge on any atom is 0.273 e. The van der Waals surface area contributed by atoms with Crippen molar-refractivity contribution in [3.05, 3.63) is 60.2 Å². The molecule has 2 amide bonds. The molecule has 0 saturated carbocycles. The minimum Gasteiger partial charge on any atom is -0.322 e. The van der Waals surface area contributed by atoms with Gasteiger partial charge in [-0.1, -0.05) is 6.07 Å². The van der Waals surface area contributed by atoms with Crippen LogP contribution < -0.4 is 10.6 Å². The van der Waals surface area contributed by atoms with E-state index in [1.807, 2.05) is 6.92 Å². The lowest BCUT2D eigenvalue weighted by Crippen LogP contribution is -2.17. The van der Waals surface area contributed by atoms with Gasteiger partial charge in [-0.15, -0.1) is 0 Å². The number of aryl methyl sites for hydroxylation is 2. The second kappa shape index (κ2) is 7.00. The third-order valence-electron chi connectivity index (χ3n) is 3.59. The second-order valence-electron chi connectivity index (χ2n) is 5.42. The zero-order valence-electron chi connectivity index (χ0n) is 13.9. The number of rotatable bonds is 5. The van der Waals surface area contributed by atoms with Crippen LogP contribution in [0.1, 0.15) is 27.8 Å². The SMILES string of the molecule is CCn1nccc1C(=O)Nc1cccc(NC(=O)c2cnn(C)c2)c1. The molecule has 8 nitrogen and oxygen atoms in total. The van der Waals surface area contributed by atoms with E-state index in [4.69, 9.17) is 0 Å². The van der Waals surface area contributed by atoms with Crippen molar-refractivity contribution in [3.8, 4) is 0 Å². The van der Waals surface area contributed by atoms with E-state index in [9.17, 15) is 9.59 Å². The first-order chi connectivity index (χ1) is 12.1. The van der Waals surface area contributed by atoms with Gasteiger partial charge in [0.25, 0.3) is 11.8 Å². The molecule has 8 heteroatoms. The lowest BCUT2D eigenvalue weighted by Gasteiger charge is -2.09. The van der Waals surface area contributed by atoms with Gasteiger partial charge in [-0.3, -0.25) is 19.0 Å². The van der Waals surface area contributed by atoms with Gasteiger partial charge in [0, 0.05) is 37.4 Å². The van der Waals surface area contributed by atoms with Gasteiger partial charge < -0.3 is 10.6 Å². The summed E-state index contributed by atoms with van der Waals surface area (Å²) in [6, 6.07) is 8.61. The number of nitrogens with one attached hydrogen (secondary N) is 2. The molecule has 0 fully saturated rings. The van der Waals surface area contributed by atoms with E-state index in [2.05, 4.69) is 20.8 Å². The molecule has 0 aliphatic heterocycles. The van der Waals surface area contributed by atoms with Crippen LogP contribution in [-0.4, -0.2) is 31.4 Å². The first-order valence-corrected chi connectivity index (χ1v) is 7.80. The molecule has 128 valence electrons. The van der Waals surface area contributed by atoms with Gasteiger partial charge in [0.05, 0.1) is 11.8 Å². The second-order valence-corrected chi connectivity index (χ2v) is 5.42. The molecule has 2 N–H and O–H groups in total. The summed E-state index contributed by atoms with van der Waals surface area (Å²) in [5, 5.41) is 13.6. The van der Waals surface area contributed by atoms with E-state index in [0.29, 0.717) is 29.2 Å². The maximum atomic E-state index is 12.3. The molecule has 25 heavy (non-hydrogen) atoms. The molecule has 0 bridgehead atoms. The number of amides is 2. The van der Waals surface area contributed by atoms with Crippen molar-refractivity contribution in [1.82, 2.24) is 19.6 Å². The summed E-state index contributed by atoms with van der Waals surface area (Å²) in [6.45, 7) is 2.52. The topological polar surface area (TPSA) is 93.8 Å². The Bertz CT molecular complexity index is 911. The number of carbonyl (C=O) groups excluding carboxylic acids is 2. The molecular weight excluding hydrogens is 320 g/mol. The number of carbonyl (C=O) groups is 2. The minimum absolute atomic E-state index is 0.255. The highest BCUT2D eigenvalue weighted by molar-refractivity contribution is 6.05. The fourth-order valence-corrected chi connectivity index (χ4v) is 2.39. The summed E-state index contributed by atoms with van der Waals surface area (Å²) in [7, 11) is 1.74. The van der Waals surface area contributed by atoms with Crippen LogP contribution in [0, 0.1) is 0 Å². The highest BCUT2D eigenvalue weighted by Gasteiger charge is 2.12. The fraction of sp³-hybridized carbons (Fsp3) is 0.176. The van der Waals surface area contributed by atoms with Crippen LogP contribution in [0.25, 0.3) is 0 Å². The number of hydrogen-bond acceptors (Lipinski definition) is 4. The van der Waals surface area contributed by atoms with E-state index in [1.54, 1.807) is 59.1 Å². The minimum atomic E-state index is -0.263. The molecule has 2 heterocycles. The van der Waals surface area contributed by atoms with Crippen molar-refractivity contribution in [1.29, 1.82) is 0 Å². The van der Waals surface area contributed by atoms with E-state index >= 15 is 0 Å². The summed E-state index contributed by atoms with van der Waals surface area (Å²) >= 11 is 0. The summed E-state index contributed by atoms with van der Waals surface area (Å²) < 4.78 is 3.17. The Hall–Kier alpha value is -3.42. The monoisotopic (exact) mass is 338 g/mol. The normalized spacial score (nSPS) is 10.5. The summed E-state index contributed by atoms with van der Waals surface area (Å²) in [5.41, 5.74) is 2.10. The zero-order chi connectivity index (χ0) is 17.8. The molecule has 0 unspecified atom stereocenters. The van der Waals surface area contributed by atoms with Crippen LogP contribution in [0.15, 0.2) is 48.9 Å². The molecule has 0 atom stereocenters. The van der Waals surface area contributed by atoms with E-state index < -0.39 is 0 Å². The van der Waals surface area contributed by atoms with Crippen LogP contribution in [0.5, 0.6) is 0 Å². The first kappa shape index (κ1) is 16.4. The van der Waals surface area contributed by atoms with Crippen LogP contribution in [-0.2, 0) is 13.6 Å². The first-order valence-electron chi connectivity index (χ1n) is 7.80. The molecule has 3 aromatic rings. The average molecular weight is 338 g/mol. The van der Waals surface area contributed by atoms with Crippen molar-refractivity contribution in [2.24, 2.45) is 7.05 Å². The standard InChI is InChI=1S/C17H18N6O2/c1-3-23-15(7-8-18-23)17(25)21-14-6-4-5-13(9-14)20-16(24)12-10-19-22(2)11-12/h4-11H,3H2,1-2H3,(H,20,24)(H,21,25). The molecular formula is C17H18N6O2. The Morgan fingerprint density at radius 1 is 1.08 bits per heavy atom. The van der Waals surface area contributed by atoms with Crippen LogP contribution >= 0.6 is 0 Å². The quantitative estimate of drug-likeness (QED) is 0.745. The lowest BCUT2D eigenvalue weighted by molar-refractivity contribution is 0.101. The van der Waals surface area contributed by atoms with E-state index in [-0.39, 0.29) is 11.8 Å². The number of anilines is 2. The van der Waals surface area contributed by atoms with Gasteiger partial charge >= 0.3 is 0 Å². The van der Waals surface area contributed by atoms with E-state index in [0.717, 1.165) is 0 Å². The van der Waals surface area contributed by atoms with Gasteiger partial charge in [0.15, 0.2) is 0 Å². The molecule has 3 rings (SSSR count). The zero-order valence-corrected chi connectivity index (χ0v) is 13.9. The van der Waals surface area contributed by atoms with Gasteiger partial charge in [0.2, 0.25) is 0 Å². The summed E-state index contributed by atoms with van der Waals surface area (Å²) in [6.07, 6.45) is 4.71. The maximum absolute atomic E-state index is 12.3. The van der Waals surface area contributed by atoms with Crippen LogP contribution in [0.4, 0.5) is 11.4 Å². The molecule has 0 spiro atoms. The fourth-order valence-electron chi connectivity index (χ4n) is 2.39. The Balaban J connectivity index is 1.71. The average Bonchev–Trinajstić information content (AvgIpc) is 3.23. The highest BCUT2D eigenvalue weighted by atomic mass is 16.2. The molecule has 0 aliphatic rings. The Kier molecular flexibility index (Phi) is 4.60. The van der Waals surface area contributed by atoms with Crippen molar-refractivity contribution < 1.29 is 9.59 Å². The smallest absolute Gasteiger partial charge is 0.273 e. The number of nitrogens with zero attached hydrogens (tertiary/aromatic N) is 4. The molecule has 0 radical (unpaired) electrons. The molecule has 1 aromatic carbocycles. The number of benzene rings is 1. The Labute approximate surface area is 144 Å². The highest BCUT2D eigenvalue weighted by Crippen LogP contribution is 2.17. The van der Waals surface area contributed by atoms with E-state index in [1.165, 1.54) is 6.20 Å². The van der Waals surface area contributed by atoms with Gasteiger partial charge in [-0.25, -0.2) is 0 Å². The lowest BCUT2D eigenvalue weighted by atomic mass is 10.2. The predicted octanol–water partition coefficient (Wildman–Crippen LogP) is 2.14. The van der Waals surface area contributed by atoms with Gasteiger partial charge in [0.1, 0.15) is 5.69 Å². The molecule has 0 saturated heterocycles. The van der Waals surface area contributed by atoms with Crippen molar-refractivity contribution in [3.63, 3.8) is 0 Å². The van der Waals surface area contributed by atoms with Crippen molar-refractivity contribution >= 4 is 23.2 Å². The van der Waals surface area contributed by atoms with Crippen molar-refractivity contribution in [2.75, 3.05) is 10.6 Å². The van der Waals surface area contributed by atoms with Crippen molar-refractivity contribution in [2.45, 2.75) is 13.5 Å². The summed E-state index contributed by atoms with van der Waals surface area (Å²) in [4.78, 5) is 24.5. The number of hydrogen-bond donors (Lipinski definition) is 2. The summed E-state index contributed by atoms with van der Waals surface area (Å²) in [5.74, 6) is -0.518. The predicted molar refractivity (Wildman–Crippen MR) is 93.5 cm³/mol. The third kappa shape index (κ3) is 3.74. The number of aromatic nitrogens is 4. The molecule has 0 aliphatic carbocycles. The van der Waals surface area contributed by atoms with Crippen LogP contribution in [0.2, 0.25) is 0 Å². The third-order valence-corrected chi connectivity index (χ3v) is 3.59.